The quantitative estimate of drug-likeness (QED) is 0.824. The van der Waals surface area contributed by atoms with Gasteiger partial charge in [0.1, 0.15) is 0 Å². The molecule has 1 atom stereocenters. The first-order chi connectivity index (χ1) is 7.59. The number of carboxylic acid groups (broad SMARTS) is 1. The molecule has 1 heterocycles. The van der Waals surface area contributed by atoms with E-state index in [0.29, 0.717) is 0 Å². The average molecular weight is 220 g/mol. The fraction of sp³-hybridized carbons (Fsp3) is 0.417. The van der Waals surface area contributed by atoms with Crippen LogP contribution in [0.5, 0.6) is 0 Å². The van der Waals surface area contributed by atoms with Gasteiger partial charge in [-0.05, 0) is 32.1 Å². The summed E-state index contributed by atoms with van der Waals surface area (Å²) >= 11 is 0. The van der Waals surface area contributed by atoms with E-state index < -0.39 is 6.09 Å². The lowest BCUT2D eigenvalue weighted by Crippen LogP contribution is -2.42. The van der Waals surface area contributed by atoms with Crippen molar-refractivity contribution in [2.24, 2.45) is 0 Å². The van der Waals surface area contributed by atoms with E-state index >= 15 is 0 Å². The van der Waals surface area contributed by atoms with Gasteiger partial charge in [-0.3, -0.25) is 4.90 Å². The van der Waals surface area contributed by atoms with Gasteiger partial charge in [0.15, 0.2) is 0 Å². The number of anilines is 1. The summed E-state index contributed by atoms with van der Waals surface area (Å²) in [7, 11) is 3.92. The van der Waals surface area contributed by atoms with Crippen molar-refractivity contribution in [3.05, 3.63) is 29.8 Å². The molecule has 1 aromatic carbocycles. The fourth-order valence-electron chi connectivity index (χ4n) is 2.29. The molecule has 0 saturated carbocycles. The van der Waals surface area contributed by atoms with Gasteiger partial charge in [0.2, 0.25) is 0 Å². The molecule has 1 N–H and O–H groups in total. The monoisotopic (exact) mass is 220 g/mol. The molecule has 0 saturated heterocycles. The fourth-order valence-corrected chi connectivity index (χ4v) is 2.29. The Morgan fingerprint density at radius 1 is 1.50 bits per heavy atom. The zero-order valence-corrected chi connectivity index (χ0v) is 9.55. The van der Waals surface area contributed by atoms with Gasteiger partial charge in [0, 0.05) is 6.54 Å². The molecule has 0 aliphatic carbocycles. The highest BCUT2D eigenvalue weighted by molar-refractivity contribution is 5.89. The van der Waals surface area contributed by atoms with E-state index in [4.69, 9.17) is 0 Å². The summed E-state index contributed by atoms with van der Waals surface area (Å²) in [4.78, 5) is 14.8. The molecule has 0 radical (unpaired) electrons. The predicted molar refractivity (Wildman–Crippen MR) is 63.0 cm³/mol. The van der Waals surface area contributed by atoms with E-state index in [1.54, 1.807) is 0 Å². The van der Waals surface area contributed by atoms with Crippen LogP contribution in [0.25, 0.3) is 0 Å². The Labute approximate surface area is 95.1 Å². The number of hydrogen-bond acceptors (Lipinski definition) is 2. The maximum atomic E-state index is 11.3. The zero-order chi connectivity index (χ0) is 11.7. The van der Waals surface area contributed by atoms with Crippen LogP contribution >= 0.6 is 0 Å². The number of fused-ring (bicyclic) bond motifs is 1. The minimum atomic E-state index is -0.864. The lowest BCUT2D eigenvalue weighted by Gasteiger charge is -2.25. The van der Waals surface area contributed by atoms with Crippen LogP contribution in [-0.2, 0) is 6.42 Å². The van der Waals surface area contributed by atoms with E-state index in [9.17, 15) is 9.90 Å². The van der Waals surface area contributed by atoms with E-state index in [2.05, 4.69) is 0 Å². The number of carbonyl (C=O) groups is 1. The summed E-state index contributed by atoms with van der Waals surface area (Å²) < 4.78 is 0. The number of para-hydroxylation sites is 1. The average Bonchev–Trinajstić information content (AvgIpc) is 2.53. The SMILES string of the molecule is CN(C)C[C@@H]1Cc2ccccc2N1C(=O)O. The maximum absolute atomic E-state index is 11.3. The van der Waals surface area contributed by atoms with Crippen molar-refractivity contribution >= 4 is 11.8 Å². The topological polar surface area (TPSA) is 43.8 Å². The molecular weight excluding hydrogens is 204 g/mol. The Hall–Kier alpha value is -1.55. The first kappa shape index (κ1) is 11.0. The van der Waals surface area contributed by atoms with Crippen LogP contribution in [0.3, 0.4) is 0 Å². The third kappa shape index (κ3) is 1.88. The van der Waals surface area contributed by atoms with Crippen LogP contribution < -0.4 is 4.90 Å². The summed E-state index contributed by atoms with van der Waals surface area (Å²) in [5.41, 5.74) is 1.96. The maximum Gasteiger partial charge on any atom is 0.412 e. The van der Waals surface area contributed by atoms with Crippen molar-refractivity contribution < 1.29 is 9.90 Å². The lowest BCUT2D eigenvalue weighted by atomic mass is 10.1. The van der Waals surface area contributed by atoms with Crippen LogP contribution in [0.15, 0.2) is 24.3 Å². The minimum absolute atomic E-state index is 0.0323. The molecule has 0 aromatic heterocycles. The number of rotatable bonds is 2. The summed E-state index contributed by atoms with van der Waals surface area (Å²) in [5, 5.41) is 9.25. The van der Waals surface area contributed by atoms with Gasteiger partial charge < -0.3 is 10.0 Å². The summed E-state index contributed by atoms with van der Waals surface area (Å²) in [5.74, 6) is 0. The summed E-state index contributed by atoms with van der Waals surface area (Å²) in [6.07, 6.45) is -0.0579. The normalized spacial score (nSPS) is 18.9. The van der Waals surface area contributed by atoms with Gasteiger partial charge in [-0.15, -0.1) is 0 Å². The highest BCUT2D eigenvalue weighted by atomic mass is 16.4. The van der Waals surface area contributed by atoms with Crippen LogP contribution in [-0.4, -0.2) is 42.8 Å². The molecular formula is C12H16N2O2. The van der Waals surface area contributed by atoms with Gasteiger partial charge in [0.25, 0.3) is 0 Å². The number of amides is 1. The number of likely N-dealkylation sites (N-methyl/N-ethyl adjacent to an activating group) is 1. The minimum Gasteiger partial charge on any atom is -0.465 e. The van der Waals surface area contributed by atoms with Crippen LogP contribution in [0.1, 0.15) is 5.56 Å². The molecule has 2 rings (SSSR count). The second-order valence-electron chi connectivity index (χ2n) is 4.40. The Morgan fingerprint density at radius 3 is 2.81 bits per heavy atom. The van der Waals surface area contributed by atoms with Gasteiger partial charge >= 0.3 is 6.09 Å². The van der Waals surface area contributed by atoms with Crippen molar-refractivity contribution in [3.63, 3.8) is 0 Å². The summed E-state index contributed by atoms with van der Waals surface area (Å²) in [6.45, 7) is 0.751. The van der Waals surface area contributed by atoms with Crippen LogP contribution in [0.2, 0.25) is 0 Å². The van der Waals surface area contributed by atoms with Crippen molar-refractivity contribution in [2.75, 3.05) is 25.5 Å². The second-order valence-corrected chi connectivity index (χ2v) is 4.40. The Kier molecular flexibility index (Phi) is 2.83. The van der Waals surface area contributed by atoms with Crippen molar-refractivity contribution in [2.45, 2.75) is 12.5 Å². The Balaban J connectivity index is 2.30. The smallest absolute Gasteiger partial charge is 0.412 e. The number of benzene rings is 1. The first-order valence-corrected chi connectivity index (χ1v) is 5.34. The largest absolute Gasteiger partial charge is 0.465 e. The molecule has 4 heteroatoms. The zero-order valence-electron chi connectivity index (χ0n) is 9.55. The van der Waals surface area contributed by atoms with E-state index in [-0.39, 0.29) is 6.04 Å². The standard InChI is InChI=1S/C12H16N2O2/c1-13(2)8-10-7-9-5-3-4-6-11(9)14(10)12(15)16/h3-6,10H,7-8H2,1-2H3,(H,15,16)/t10-/m0/s1. The third-order valence-corrected chi connectivity index (χ3v) is 2.85. The lowest BCUT2D eigenvalue weighted by molar-refractivity contribution is 0.198. The van der Waals surface area contributed by atoms with Gasteiger partial charge in [-0.25, -0.2) is 4.79 Å². The molecule has 1 aliphatic rings. The molecule has 0 unspecified atom stereocenters. The first-order valence-electron chi connectivity index (χ1n) is 5.34. The number of nitrogens with zero attached hydrogens (tertiary/aromatic N) is 2. The molecule has 4 nitrogen and oxygen atoms in total. The Morgan fingerprint density at radius 2 is 2.19 bits per heavy atom. The molecule has 0 bridgehead atoms. The molecule has 0 spiro atoms. The Bertz CT molecular complexity index is 404. The molecule has 1 aromatic rings. The van der Waals surface area contributed by atoms with Gasteiger partial charge in [-0.2, -0.15) is 0 Å². The molecule has 0 fully saturated rings. The van der Waals surface area contributed by atoms with E-state index in [1.807, 2.05) is 43.3 Å². The number of hydrogen-bond donors (Lipinski definition) is 1. The van der Waals surface area contributed by atoms with Crippen molar-refractivity contribution in [1.29, 1.82) is 0 Å². The molecule has 86 valence electrons. The van der Waals surface area contributed by atoms with Gasteiger partial charge in [-0.1, -0.05) is 18.2 Å². The predicted octanol–water partition coefficient (Wildman–Crippen LogP) is 1.66. The van der Waals surface area contributed by atoms with Crippen molar-refractivity contribution in [3.8, 4) is 0 Å². The molecule has 1 aliphatic heterocycles. The highest BCUT2D eigenvalue weighted by Crippen LogP contribution is 2.32. The summed E-state index contributed by atoms with van der Waals surface area (Å²) in [6, 6.07) is 7.74. The van der Waals surface area contributed by atoms with E-state index in [1.165, 1.54) is 4.90 Å². The third-order valence-electron chi connectivity index (χ3n) is 2.85. The van der Waals surface area contributed by atoms with E-state index in [0.717, 1.165) is 24.2 Å². The highest BCUT2D eigenvalue weighted by Gasteiger charge is 2.33. The van der Waals surface area contributed by atoms with Gasteiger partial charge in [0.05, 0.1) is 11.7 Å². The molecule has 16 heavy (non-hydrogen) atoms. The second kappa shape index (κ2) is 4.14. The van der Waals surface area contributed by atoms with Crippen molar-refractivity contribution in [1.82, 2.24) is 4.90 Å². The molecule has 1 amide bonds. The van der Waals surface area contributed by atoms with Crippen LogP contribution in [0.4, 0.5) is 10.5 Å². The van der Waals surface area contributed by atoms with Crippen LogP contribution in [0, 0.1) is 0 Å².